The summed E-state index contributed by atoms with van der Waals surface area (Å²) in [7, 11) is 2.93. The van der Waals surface area contributed by atoms with Crippen LogP contribution < -0.4 is 25.8 Å². The number of hydrogen-bond donors (Lipinski definition) is 2. The van der Waals surface area contributed by atoms with E-state index in [1.54, 1.807) is 18.2 Å². The van der Waals surface area contributed by atoms with Crippen LogP contribution in [0.15, 0.2) is 35.3 Å². The fraction of sp³-hybridized carbons (Fsp3) is 0.417. The zero-order valence-corrected chi connectivity index (χ0v) is 21.8. The van der Waals surface area contributed by atoms with Crippen LogP contribution in [-0.4, -0.2) is 59.5 Å². The van der Waals surface area contributed by atoms with Gasteiger partial charge in [-0.15, -0.1) is 0 Å². The van der Waals surface area contributed by atoms with Crippen molar-refractivity contribution in [3.05, 3.63) is 45.8 Å². The number of rotatable bonds is 6. The number of carbonyl (C=O) groups is 1. The molecule has 3 aromatic rings. The molecule has 2 atom stereocenters. The summed E-state index contributed by atoms with van der Waals surface area (Å²) in [6.07, 6.45) is -9.65. The summed E-state index contributed by atoms with van der Waals surface area (Å²) >= 11 is 6.19. The fourth-order valence-electron chi connectivity index (χ4n) is 4.32. The molecule has 1 aliphatic rings. The molecule has 0 bridgehead atoms. The van der Waals surface area contributed by atoms with E-state index in [4.69, 9.17) is 16.3 Å². The average molecular weight is 593 g/mol. The number of alkyl halides is 6. The highest BCUT2D eigenvalue weighted by Gasteiger charge is 2.52. The minimum Gasteiger partial charge on any atom is -0.478 e. The van der Waals surface area contributed by atoms with Crippen LogP contribution in [0.3, 0.4) is 0 Å². The first kappa shape index (κ1) is 29.2. The van der Waals surface area contributed by atoms with Gasteiger partial charge in [0.05, 0.1) is 23.5 Å². The van der Waals surface area contributed by atoms with Crippen LogP contribution in [0.2, 0.25) is 5.02 Å². The van der Waals surface area contributed by atoms with Gasteiger partial charge in [0.25, 0.3) is 11.5 Å². The van der Waals surface area contributed by atoms with E-state index < -0.39 is 55.2 Å². The van der Waals surface area contributed by atoms with Gasteiger partial charge < -0.3 is 24.8 Å². The predicted molar refractivity (Wildman–Crippen MR) is 135 cm³/mol. The number of hydrogen-bond acceptors (Lipinski definition) is 7. The van der Waals surface area contributed by atoms with Crippen molar-refractivity contribution in [1.82, 2.24) is 19.9 Å². The van der Waals surface area contributed by atoms with E-state index in [-0.39, 0.29) is 29.1 Å². The van der Waals surface area contributed by atoms with E-state index in [9.17, 15) is 35.9 Å². The number of nitrogens with zero attached hydrogens (tertiary/aromatic N) is 4. The molecule has 0 aliphatic carbocycles. The van der Waals surface area contributed by atoms with Gasteiger partial charge in [-0.05, 0) is 30.7 Å². The molecule has 0 unspecified atom stereocenters. The van der Waals surface area contributed by atoms with Gasteiger partial charge in [0.1, 0.15) is 5.02 Å². The molecule has 1 fully saturated rings. The van der Waals surface area contributed by atoms with Gasteiger partial charge in [-0.25, -0.2) is 4.98 Å². The van der Waals surface area contributed by atoms with Crippen molar-refractivity contribution in [3.8, 4) is 5.75 Å². The Labute approximate surface area is 228 Å². The molecule has 2 N–H and O–H groups in total. The number of amides is 1. The van der Waals surface area contributed by atoms with E-state index in [2.05, 4.69) is 20.6 Å². The number of aryl methyl sites for hydroxylation is 1. The van der Waals surface area contributed by atoms with E-state index in [0.717, 1.165) is 11.1 Å². The summed E-state index contributed by atoms with van der Waals surface area (Å²) < 4.78 is 87.2. The summed E-state index contributed by atoms with van der Waals surface area (Å²) in [5.41, 5.74) is 0.424. The molecule has 0 spiro atoms. The van der Waals surface area contributed by atoms with E-state index in [1.807, 2.05) is 0 Å². The van der Waals surface area contributed by atoms with Crippen LogP contribution >= 0.6 is 11.6 Å². The van der Waals surface area contributed by atoms with Crippen LogP contribution in [0.25, 0.3) is 10.9 Å². The number of fused-ring (bicyclic) bond motifs is 1. The highest BCUT2D eigenvalue weighted by atomic mass is 35.5. The number of nitrogens with one attached hydrogen (secondary N) is 2. The largest absolute Gasteiger partial charge is 0.478 e. The van der Waals surface area contributed by atoms with Crippen molar-refractivity contribution >= 4 is 45.9 Å². The van der Waals surface area contributed by atoms with Crippen molar-refractivity contribution in [1.29, 1.82) is 0 Å². The Morgan fingerprint density at radius 3 is 2.38 bits per heavy atom. The molecule has 16 heteroatoms. The number of pyridine rings is 1. The van der Waals surface area contributed by atoms with Gasteiger partial charge in [0.2, 0.25) is 5.95 Å². The van der Waals surface area contributed by atoms with Crippen molar-refractivity contribution < 1.29 is 35.9 Å². The van der Waals surface area contributed by atoms with E-state index in [1.165, 1.54) is 24.7 Å². The predicted octanol–water partition coefficient (Wildman–Crippen LogP) is 4.42. The second-order valence-corrected chi connectivity index (χ2v) is 9.62. The number of piperidine rings is 1. The quantitative estimate of drug-likeness (QED) is 0.409. The summed E-state index contributed by atoms with van der Waals surface area (Å²) in [6, 6.07) is 6.20. The average Bonchev–Trinajstić information content (AvgIpc) is 2.89. The molecule has 2 aromatic heterocycles. The van der Waals surface area contributed by atoms with Crippen LogP contribution in [-0.2, 0) is 11.8 Å². The molecule has 0 saturated carbocycles. The number of carbonyl (C=O) groups excluding carboxylic acids is 1. The van der Waals surface area contributed by atoms with Gasteiger partial charge >= 0.3 is 12.4 Å². The summed E-state index contributed by atoms with van der Waals surface area (Å²) in [4.78, 5) is 33.0. The Balaban J connectivity index is 1.63. The van der Waals surface area contributed by atoms with Gasteiger partial charge in [0, 0.05) is 38.3 Å². The number of likely N-dealkylation sites (N-methyl/N-ethyl adjacent to an activating group) is 1. The lowest BCUT2D eigenvalue weighted by atomic mass is 9.88. The first-order chi connectivity index (χ1) is 18.7. The fourth-order valence-corrected chi connectivity index (χ4v) is 4.46. The third-order valence-corrected chi connectivity index (χ3v) is 6.76. The minimum atomic E-state index is -4.83. The van der Waals surface area contributed by atoms with Crippen molar-refractivity contribution in [3.63, 3.8) is 0 Å². The molecule has 9 nitrogen and oxygen atoms in total. The van der Waals surface area contributed by atoms with Crippen molar-refractivity contribution in [2.24, 2.45) is 18.9 Å². The van der Waals surface area contributed by atoms with Gasteiger partial charge in [-0.3, -0.25) is 9.59 Å². The third-order valence-electron chi connectivity index (χ3n) is 6.48. The summed E-state index contributed by atoms with van der Waals surface area (Å²) in [6.45, 7) is -1.85. The molecule has 40 heavy (non-hydrogen) atoms. The minimum absolute atomic E-state index is 0.0318. The number of anilines is 3. The molecule has 4 rings (SSSR count). The van der Waals surface area contributed by atoms with Gasteiger partial charge in [-0.2, -0.15) is 31.3 Å². The van der Waals surface area contributed by atoms with E-state index in [0.29, 0.717) is 16.6 Å². The lowest BCUT2D eigenvalue weighted by Gasteiger charge is -2.39. The number of aromatic nitrogens is 3. The topological polar surface area (TPSA) is 101 Å². The zero-order valence-electron chi connectivity index (χ0n) is 21.0. The van der Waals surface area contributed by atoms with Crippen LogP contribution in [0.5, 0.6) is 5.75 Å². The van der Waals surface area contributed by atoms with Gasteiger partial charge in [0.15, 0.2) is 18.2 Å². The normalized spacial score (nSPS) is 18.1. The molecule has 1 saturated heterocycles. The molecule has 0 radical (unpaired) electrons. The van der Waals surface area contributed by atoms with E-state index >= 15 is 0 Å². The smallest absolute Gasteiger partial charge is 0.393 e. The molecule has 1 amide bonds. The molecule has 1 aromatic carbocycles. The number of ether oxygens (including phenoxy) is 1. The van der Waals surface area contributed by atoms with Crippen LogP contribution in [0.1, 0.15) is 6.42 Å². The number of halogens is 7. The van der Waals surface area contributed by atoms with Crippen molar-refractivity contribution in [2.75, 3.05) is 37.0 Å². The monoisotopic (exact) mass is 592 g/mol. The maximum atomic E-state index is 13.4. The first-order valence-corrected chi connectivity index (χ1v) is 12.2. The molecule has 3 heterocycles. The maximum absolute atomic E-state index is 13.4. The summed E-state index contributed by atoms with van der Waals surface area (Å²) in [5, 5.41) is 5.75. The Morgan fingerprint density at radius 2 is 1.77 bits per heavy atom. The third kappa shape index (κ3) is 6.35. The van der Waals surface area contributed by atoms with Crippen LogP contribution in [0.4, 0.5) is 43.8 Å². The zero-order chi connectivity index (χ0) is 29.4. The lowest BCUT2D eigenvalue weighted by Crippen LogP contribution is -2.50. The second-order valence-electron chi connectivity index (χ2n) is 9.22. The highest BCUT2D eigenvalue weighted by molar-refractivity contribution is 6.32. The lowest BCUT2D eigenvalue weighted by molar-refractivity contribution is -0.214. The Morgan fingerprint density at radius 1 is 1.12 bits per heavy atom. The Bertz CT molecular complexity index is 1460. The first-order valence-electron chi connectivity index (χ1n) is 11.8. The SMILES string of the molecule is CNC(=O)COc1cc2cc(Nc3nc(N4C[C@H](C(F)(F)F)C[C@@H](C(F)(F)F)C4)ncc3Cl)ccc2n(C)c1=O. The molecule has 1 aliphatic heterocycles. The Kier molecular flexibility index (Phi) is 8.06. The second kappa shape index (κ2) is 11.0. The standard InChI is InChI=1S/C24H23ClF6N6O3/c1-32-19(38)11-40-18-6-12-5-15(3-4-17(12)36(2)21(18)39)34-20-16(25)8-33-22(35-20)37-9-13(23(26,27)28)7-14(10-37)24(29,30)31/h3-6,8,13-14H,7,9-11H2,1-2H3,(H,32,38)(H,33,34,35)/t13-,14-/m1/s1. The molecule has 216 valence electrons. The van der Waals surface area contributed by atoms with Crippen LogP contribution in [0, 0.1) is 11.8 Å². The molecular formula is C24H23ClF6N6O3. The van der Waals surface area contributed by atoms with Crippen molar-refractivity contribution in [2.45, 2.75) is 18.8 Å². The number of benzene rings is 1. The van der Waals surface area contributed by atoms with Gasteiger partial charge in [-0.1, -0.05) is 11.6 Å². The highest BCUT2D eigenvalue weighted by Crippen LogP contribution is 2.42. The molecular weight excluding hydrogens is 570 g/mol. The summed E-state index contributed by atoms with van der Waals surface area (Å²) in [5.74, 6) is -5.34. The maximum Gasteiger partial charge on any atom is 0.393 e. The Hall–Kier alpha value is -3.75.